The van der Waals surface area contributed by atoms with E-state index >= 15 is 0 Å². The third kappa shape index (κ3) is 30600. The standard InChI is InChI=1S/2Al.2Mg.7O3Si.H2O.2Zn/c;;;;7*1-4(2)3;;;/h;;;;;;;;;;;1H2;;/q2*+3;2*+2;7*-2;;2*+2. The summed E-state index contributed by atoms with van der Waals surface area (Å²) >= 11 is 0. The van der Waals surface area contributed by atoms with Gasteiger partial charge in [0.15, 0.2) is 0 Å². The summed E-state index contributed by atoms with van der Waals surface area (Å²) in [4.78, 5) is 119. The predicted molar refractivity (Wildman–Crippen MR) is 71.7 cm³/mol. The number of rotatable bonds is 0. The van der Waals surface area contributed by atoms with Gasteiger partial charge in [0.25, 0.3) is 0 Å². The minimum Gasteiger partial charge on any atom is -0.672 e. The van der Waals surface area contributed by atoms with Crippen LogP contribution >= 0.6 is 0 Å². The molecule has 0 aromatic rings. The van der Waals surface area contributed by atoms with Gasteiger partial charge in [0.2, 0.25) is 0 Å². The third-order valence-corrected chi connectivity index (χ3v) is 0. The zero-order valence-corrected chi connectivity index (χ0v) is 34.6. The Balaban J connectivity index is -0.0000000119. The van der Waals surface area contributed by atoms with E-state index in [1.54, 1.807) is 0 Å². The summed E-state index contributed by atoms with van der Waals surface area (Å²) in [6, 6.07) is 0. The summed E-state index contributed by atoms with van der Waals surface area (Å²) < 4.78 is 59.6. The van der Waals surface area contributed by atoms with Crippen molar-refractivity contribution in [2.24, 2.45) is 0 Å². The van der Waals surface area contributed by atoms with E-state index in [-0.39, 0.29) is 125 Å². The van der Waals surface area contributed by atoms with Crippen LogP contribution in [0.2, 0.25) is 0 Å². The van der Waals surface area contributed by atoms with E-state index in [0.717, 1.165) is 0 Å². The van der Waals surface area contributed by atoms with Gasteiger partial charge in [-0.2, -0.15) is 0 Å². The molecular weight excluding hydrogens is 782 g/mol. The summed E-state index contributed by atoms with van der Waals surface area (Å²) in [6.45, 7) is 0. The SMILES string of the molecule is O.O=[Si]([O-])[O-].O=[Si]([O-])[O-].O=[Si]([O-])[O-].O=[Si]([O-])[O-].O=[Si]([O-])[O-].O=[Si]([O-])[O-].O=[Si]([O-])[O-].[Al+3].[Al+3].[Mg+2].[Mg+2].[Zn+2].[Zn+2]. The minimum atomic E-state index is -3.63. The minimum absolute atomic E-state index is 0. The largest absolute Gasteiger partial charge is 3.00 e. The van der Waals surface area contributed by atoms with Crippen LogP contribution in [0.5, 0.6) is 0 Å². The summed E-state index contributed by atoms with van der Waals surface area (Å²) in [7, 11) is -25.4. The fraction of sp³-hybridized carbons (Fsp3) is 0. The predicted octanol–water partition coefficient (Wildman–Crippen LogP) is -22.5. The molecule has 35 heavy (non-hydrogen) atoms. The van der Waals surface area contributed by atoms with E-state index < -0.39 is 64.2 Å². The first-order valence-corrected chi connectivity index (χ1v) is 12.9. The average Bonchev–Trinajstić information content (AvgIpc) is 2.20. The van der Waals surface area contributed by atoms with Crippen molar-refractivity contribution in [3.63, 3.8) is 0 Å². The van der Waals surface area contributed by atoms with Gasteiger partial charge in [-0.05, 0) is 0 Å². The summed E-state index contributed by atoms with van der Waals surface area (Å²) in [5.41, 5.74) is 0. The van der Waals surface area contributed by atoms with E-state index in [9.17, 15) is 0 Å². The Labute approximate surface area is 284 Å². The maximum atomic E-state index is 8.52. The van der Waals surface area contributed by atoms with Crippen molar-refractivity contribution in [3.8, 4) is 0 Å². The van der Waals surface area contributed by atoms with Gasteiger partial charge in [0.05, 0.1) is 0 Å². The Bertz CT molecular complexity index is 335. The number of hydrogen-bond acceptors (Lipinski definition) is 21. The van der Waals surface area contributed by atoms with Crippen molar-refractivity contribution in [1.82, 2.24) is 0 Å². The third-order valence-electron chi connectivity index (χ3n) is 0. The van der Waals surface area contributed by atoms with Crippen LogP contribution in [0.3, 0.4) is 0 Å². The van der Waals surface area contributed by atoms with E-state index in [1.807, 2.05) is 0 Å². The fourth-order valence-electron chi connectivity index (χ4n) is 0. The maximum absolute atomic E-state index is 8.52. The Morgan fingerprint density at radius 2 is 0.286 bits per heavy atom. The molecule has 0 atom stereocenters. The molecule has 0 aliphatic carbocycles. The molecular formula is H2Al2Mg2O22Si7Zn2. The van der Waals surface area contributed by atoms with Crippen LogP contribution in [0, 0.1) is 0 Å². The number of hydrogen-bond donors (Lipinski definition) is 0. The van der Waals surface area contributed by atoms with Crippen molar-refractivity contribution in [2.45, 2.75) is 0 Å². The van der Waals surface area contributed by atoms with Gasteiger partial charge in [-0.3, -0.25) is 0 Å². The molecule has 0 amide bonds. The van der Waals surface area contributed by atoms with Gasteiger partial charge < -0.3 is 104 Å². The summed E-state index contributed by atoms with van der Waals surface area (Å²) in [5, 5.41) is 0. The molecule has 0 saturated carbocycles. The first-order chi connectivity index (χ1) is 12.1. The van der Waals surface area contributed by atoms with Crippen molar-refractivity contribution in [3.05, 3.63) is 0 Å². The fourth-order valence-corrected chi connectivity index (χ4v) is 0. The van der Waals surface area contributed by atoms with Gasteiger partial charge >= 0.3 is 120 Å². The molecule has 2 N–H and O–H groups in total. The first kappa shape index (κ1) is 91.1. The van der Waals surface area contributed by atoms with Gasteiger partial charge in [-0.1, -0.05) is 0 Å². The Hall–Kier alpha value is 1.12. The molecule has 0 aromatic heterocycles. The molecule has 0 heterocycles. The van der Waals surface area contributed by atoms with Crippen molar-refractivity contribution in [2.75, 3.05) is 0 Å². The molecule has 35 heteroatoms. The van der Waals surface area contributed by atoms with Crippen LogP contribution in [0.15, 0.2) is 0 Å². The molecule has 0 unspecified atom stereocenters. The molecule has 0 saturated heterocycles. The Morgan fingerprint density at radius 3 is 0.286 bits per heavy atom. The second kappa shape index (κ2) is 83.6. The summed E-state index contributed by atoms with van der Waals surface area (Å²) in [6.07, 6.45) is 0. The van der Waals surface area contributed by atoms with Crippen LogP contribution in [-0.4, -0.2) is 150 Å². The van der Waals surface area contributed by atoms with Crippen LogP contribution in [0.4, 0.5) is 0 Å². The molecule has 0 aliphatic rings. The van der Waals surface area contributed by atoms with Gasteiger partial charge in [-0.25, -0.2) is 0 Å². The molecule has 0 bridgehead atoms. The molecule has 0 spiro atoms. The topological polar surface area (TPSA) is 474 Å². The first-order valence-electron chi connectivity index (χ1n) is 4.29. The Morgan fingerprint density at radius 1 is 0.286 bits per heavy atom. The van der Waals surface area contributed by atoms with Gasteiger partial charge in [0.1, 0.15) is 0 Å². The molecule has 22 nitrogen and oxygen atoms in total. The van der Waals surface area contributed by atoms with E-state index in [4.69, 9.17) is 98.4 Å². The van der Waals surface area contributed by atoms with Crippen LogP contribution in [0.25, 0.3) is 0 Å². The average molecular weight is 784 g/mol. The van der Waals surface area contributed by atoms with E-state index in [0.29, 0.717) is 0 Å². The monoisotopic (exact) mass is 780 g/mol. The van der Waals surface area contributed by atoms with Gasteiger partial charge in [-0.15, -0.1) is 0 Å². The zero-order chi connectivity index (χ0) is 25.0. The van der Waals surface area contributed by atoms with Crippen molar-refractivity contribution < 1.29 is 143 Å². The van der Waals surface area contributed by atoms with Gasteiger partial charge in [0, 0.05) is 64.2 Å². The maximum Gasteiger partial charge on any atom is 3.00 e. The van der Waals surface area contributed by atoms with Crippen LogP contribution in [-0.2, 0) is 70.2 Å². The second-order valence-electron chi connectivity index (χ2n) is 1.75. The van der Waals surface area contributed by atoms with Crippen molar-refractivity contribution >= 4 is 145 Å². The molecule has 0 radical (unpaired) electrons. The molecule has 176 valence electrons. The summed E-state index contributed by atoms with van der Waals surface area (Å²) in [5.74, 6) is 0. The zero-order valence-electron chi connectivity index (χ0n) is 16.6. The van der Waals surface area contributed by atoms with E-state index in [2.05, 4.69) is 0 Å². The smallest absolute Gasteiger partial charge is 0.672 e. The second-order valence-corrected chi connectivity index (χ2v) is 5.25. The molecule has 0 aliphatic heterocycles. The molecule has 0 rings (SSSR count). The van der Waals surface area contributed by atoms with Crippen LogP contribution < -0.4 is 67.1 Å². The Kier molecular flexibility index (Phi) is 217. The quantitative estimate of drug-likeness (QED) is 0.206. The normalized spacial score (nSPS) is 4.80. The van der Waals surface area contributed by atoms with Crippen LogP contribution in [0.1, 0.15) is 0 Å². The van der Waals surface area contributed by atoms with Crippen molar-refractivity contribution in [1.29, 1.82) is 0 Å². The van der Waals surface area contributed by atoms with E-state index in [1.165, 1.54) is 0 Å². The molecule has 0 fully saturated rings. The molecule has 0 aromatic carbocycles.